The van der Waals surface area contributed by atoms with Gasteiger partial charge in [-0.3, -0.25) is 4.57 Å². The van der Waals surface area contributed by atoms with Gasteiger partial charge in [-0.25, -0.2) is 8.78 Å². The van der Waals surface area contributed by atoms with Gasteiger partial charge in [0.1, 0.15) is 11.6 Å². The van der Waals surface area contributed by atoms with Crippen molar-refractivity contribution in [2.45, 2.75) is 6.92 Å². The Hall–Kier alpha value is -1.01. The highest BCUT2D eigenvalue weighted by Crippen LogP contribution is 2.28. The summed E-state index contributed by atoms with van der Waals surface area (Å²) in [5.41, 5.74) is 0.0916. The van der Waals surface area contributed by atoms with E-state index in [1.165, 1.54) is 4.57 Å². The normalized spacial score (nSPS) is 10.8. The van der Waals surface area contributed by atoms with Crippen LogP contribution in [-0.4, -0.2) is 14.8 Å². The summed E-state index contributed by atoms with van der Waals surface area (Å²) in [6.07, 6.45) is 0. The van der Waals surface area contributed by atoms with Crippen LogP contribution in [-0.2, 0) is 0 Å². The molecule has 84 valence electrons. The number of hydrogen-bond acceptors (Lipinski definition) is 2. The van der Waals surface area contributed by atoms with Crippen LogP contribution in [0.2, 0.25) is 5.28 Å². The average Bonchev–Trinajstić information content (AvgIpc) is 2.47. The van der Waals surface area contributed by atoms with Crippen LogP contribution in [0.4, 0.5) is 8.78 Å². The number of benzene rings is 1. The van der Waals surface area contributed by atoms with Crippen LogP contribution in [0.3, 0.4) is 0 Å². The van der Waals surface area contributed by atoms with Crippen molar-refractivity contribution in [1.82, 2.24) is 14.8 Å². The molecule has 0 atom stereocenters. The molecular formula is C9H5BrClF2N3. The third-order valence-electron chi connectivity index (χ3n) is 1.99. The summed E-state index contributed by atoms with van der Waals surface area (Å²) >= 11 is 8.84. The molecule has 1 aromatic carbocycles. The zero-order valence-corrected chi connectivity index (χ0v) is 10.4. The largest absolute Gasteiger partial charge is 0.266 e. The van der Waals surface area contributed by atoms with Crippen molar-refractivity contribution in [3.63, 3.8) is 0 Å². The molecule has 0 aliphatic carbocycles. The predicted molar refractivity (Wildman–Crippen MR) is 58.7 cm³/mol. The van der Waals surface area contributed by atoms with E-state index in [1.807, 2.05) is 0 Å². The van der Waals surface area contributed by atoms with Crippen LogP contribution in [0.5, 0.6) is 0 Å². The van der Waals surface area contributed by atoms with Gasteiger partial charge in [-0.15, -0.1) is 10.2 Å². The molecule has 0 saturated carbocycles. The van der Waals surface area contributed by atoms with E-state index in [0.29, 0.717) is 5.82 Å². The Morgan fingerprint density at radius 3 is 2.50 bits per heavy atom. The summed E-state index contributed by atoms with van der Waals surface area (Å²) in [5.74, 6) is -0.997. The standard InChI is InChI=1S/C9H5BrClF2N3/c1-4-14-15-9(11)16(4)8-6(10)2-5(12)3-7(8)13/h2-3H,1H3. The van der Waals surface area contributed by atoms with Crippen molar-refractivity contribution < 1.29 is 8.78 Å². The molecular weight excluding hydrogens is 303 g/mol. The van der Waals surface area contributed by atoms with Gasteiger partial charge in [0.25, 0.3) is 0 Å². The number of rotatable bonds is 1. The van der Waals surface area contributed by atoms with Gasteiger partial charge in [0.05, 0.1) is 5.69 Å². The lowest BCUT2D eigenvalue weighted by Crippen LogP contribution is -2.02. The molecule has 0 N–H and O–H groups in total. The molecule has 0 aliphatic heterocycles. The minimum absolute atomic E-state index is 0.0173. The molecule has 0 bridgehead atoms. The zero-order valence-electron chi connectivity index (χ0n) is 8.01. The van der Waals surface area contributed by atoms with Gasteiger partial charge >= 0.3 is 0 Å². The Bertz CT molecular complexity index is 513. The van der Waals surface area contributed by atoms with E-state index >= 15 is 0 Å². The molecule has 3 nitrogen and oxygen atoms in total. The first-order valence-electron chi connectivity index (χ1n) is 4.23. The molecule has 0 aliphatic rings. The smallest absolute Gasteiger partial charge is 0.229 e. The Morgan fingerprint density at radius 1 is 1.31 bits per heavy atom. The topological polar surface area (TPSA) is 30.7 Å². The molecule has 1 aromatic heterocycles. The van der Waals surface area contributed by atoms with Crippen LogP contribution in [0.25, 0.3) is 5.69 Å². The van der Waals surface area contributed by atoms with Gasteiger partial charge in [-0.1, -0.05) is 0 Å². The van der Waals surface area contributed by atoms with Crippen molar-refractivity contribution in [3.05, 3.63) is 39.3 Å². The molecule has 0 radical (unpaired) electrons. The van der Waals surface area contributed by atoms with Gasteiger partial charge in [0.15, 0.2) is 5.82 Å². The quantitative estimate of drug-likeness (QED) is 0.809. The maximum Gasteiger partial charge on any atom is 0.229 e. The summed E-state index contributed by atoms with van der Waals surface area (Å²) < 4.78 is 28.1. The highest BCUT2D eigenvalue weighted by atomic mass is 79.9. The number of aromatic nitrogens is 3. The van der Waals surface area contributed by atoms with Gasteiger partial charge in [-0.2, -0.15) is 0 Å². The lowest BCUT2D eigenvalue weighted by Gasteiger charge is -2.09. The van der Waals surface area contributed by atoms with Gasteiger partial charge in [-0.05, 0) is 40.5 Å². The van der Waals surface area contributed by atoms with Gasteiger partial charge < -0.3 is 0 Å². The maximum atomic E-state index is 13.6. The molecule has 2 aromatic rings. The molecule has 0 amide bonds. The van der Waals surface area contributed by atoms with Crippen molar-refractivity contribution >= 4 is 27.5 Å². The minimum Gasteiger partial charge on any atom is -0.266 e. The SMILES string of the molecule is Cc1nnc(Cl)n1-c1c(F)cc(F)cc1Br. The summed E-state index contributed by atoms with van der Waals surface area (Å²) in [4.78, 5) is 0. The summed E-state index contributed by atoms with van der Waals surface area (Å²) in [6, 6.07) is 1.92. The van der Waals surface area contributed by atoms with E-state index in [-0.39, 0.29) is 15.4 Å². The lowest BCUT2D eigenvalue weighted by molar-refractivity contribution is 0.575. The van der Waals surface area contributed by atoms with Gasteiger partial charge in [0.2, 0.25) is 5.28 Å². The third kappa shape index (κ3) is 1.82. The Balaban J connectivity index is 2.74. The average molecular weight is 309 g/mol. The number of halogens is 4. The zero-order chi connectivity index (χ0) is 11.9. The fraction of sp³-hybridized carbons (Fsp3) is 0.111. The van der Waals surface area contributed by atoms with E-state index < -0.39 is 11.6 Å². The van der Waals surface area contributed by atoms with Crippen LogP contribution in [0, 0.1) is 18.6 Å². The summed E-state index contributed by atoms with van der Waals surface area (Å²) in [5, 5.41) is 7.31. The second-order valence-electron chi connectivity index (χ2n) is 3.07. The van der Waals surface area contributed by atoms with E-state index in [4.69, 9.17) is 11.6 Å². The Labute approximate surface area is 103 Å². The van der Waals surface area contributed by atoms with E-state index in [1.54, 1.807) is 6.92 Å². The fourth-order valence-electron chi connectivity index (χ4n) is 1.34. The molecule has 16 heavy (non-hydrogen) atoms. The number of aryl methyl sites for hydroxylation is 1. The summed E-state index contributed by atoms with van der Waals surface area (Å²) in [7, 11) is 0. The first kappa shape index (κ1) is 11.5. The predicted octanol–water partition coefficient (Wildman–Crippen LogP) is 3.27. The second kappa shape index (κ2) is 4.10. The molecule has 0 fully saturated rings. The van der Waals surface area contributed by atoms with Gasteiger partial charge in [0, 0.05) is 10.5 Å². The molecule has 0 saturated heterocycles. The monoisotopic (exact) mass is 307 g/mol. The molecule has 7 heteroatoms. The van der Waals surface area contributed by atoms with Crippen LogP contribution in [0.15, 0.2) is 16.6 Å². The van der Waals surface area contributed by atoms with Crippen LogP contribution < -0.4 is 0 Å². The van der Waals surface area contributed by atoms with Crippen molar-refractivity contribution in [2.75, 3.05) is 0 Å². The van der Waals surface area contributed by atoms with Crippen LogP contribution >= 0.6 is 27.5 Å². The Kier molecular flexibility index (Phi) is 2.94. The van der Waals surface area contributed by atoms with Crippen molar-refractivity contribution in [3.8, 4) is 5.69 Å². The van der Waals surface area contributed by atoms with Crippen molar-refractivity contribution in [2.24, 2.45) is 0 Å². The lowest BCUT2D eigenvalue weighted by atomic mass is 10.3. The fourth-order valence-corrected chi connectivity index (χ4v) is 2.17. The molecule has 0 spiro atoms. The van der Waals surface area contributed by atoms with E-state index in [0.717, 1.165) is 12.1 Å². The molecule has 0 unspecified atom stereocenters. The third-order valence-corrected chi connectivity index (χ3v) is 2.84. The van der Waals surface area contributed by atoms with Crippen molar-refractivity contribution in [1.29, 1.82) is 0 Å². The number of hydrogen-bond donors (Lipinski definition) is 0. The van der Waals surface area contributed by atoms with E-state index in [2.05, 4.69) is 26.1 Å². The first-order chi connectivity index (χ1) is 7.50. The summed E-state index contributed by atoms with van der Waals surface area (Å²) in [6.45, 7) is 1.62. The first-order valence-corrected chi connectivity index (χ1v) is 5.40. The Morgan fingerprint density at radius 2 is 2.00 bits per heavy atom. The molecule has 2 rings (SSSR count). The highest BCUT2D eigenvalue weighted by Gasteiger charge is 2.17. The molecule has 1 heterocycles. The van der Waals surface area contributed by atoms with Crippen LogP contribution in [0.1, 0.15) is 5.82 Å². The second-order valence-corrected chi connectivity index (χ2v) is 4.26. The maximum absolute atomic E-state index is 13.6. The number of nitrogens with zero attached hydrogens (tertiary/aromatic N) is 3. The minimum atomic E-state index is -0.739. The highest BCUT2D eigenvalue weighted by molar-refractivity contribution is 9.10. The van der Waals surface area contributed by atoms with E-state index in [9.17, 15) is 8.78 Å².